The summed E-state index contributed by atoms with van der Waals surface area (Å²) in [6, 6.07) is 11.2. The van der Waals surface area contributed by atoms with Gasteiger partial charge in [0.1, 0.15) is 12.4 Å². The quantitative estimate of drug-likeness (QED) is 0.348. The van der Waals surface area contributed by atoms with Crippen LogP contribution in [0.5, 0.6) is 5.75 Å². The fourth-order valence-corrected chi connectivity index (χ4v) is 7.21. The number of hydrogen-bond acceptors (Lipinski definition) is 7. The zero-order valence-electron chi connectivity index (χ0n) is 26.0. The van der Waals surface area contributed by atoms with E-state index in [2.05, 4.69) is 4.90 Å². The molecule has 0 unspecified atom stereocenters. The predicted octanol–water partition coefficient (Wildman–Crippen LogP) is 5.25. The van der Waals surface area contributed by atoms with Gasteiger partial charge in [-0.1, -0.05) is 42.8 Å². The summed E-state index contributed by atoms with van der Waals surface area (Å²) in [6.07, 6.45) is 8.68. The van der Waals surface area contributed by atoms with Crippen LogP contribution in [-0.4, -0.2) is 66.9 Å². The first-order valence-electron chi connectivity index (χ1n) is 15.9. The predicted molar refractivity (Wildman–Crippen MR) is 171 cm³/mol. The second kappa shape index (κ2) is 13.9. The molecule has 1 aliphatic carbocycles. The van der Waals surface area contributed by atoms with Crippen LogP contribution in [0.4, 0.5) is 5.69 Å². The lowest BCUT2D eigenvalue weighted by molar-refractivity contribution is -0.176. The van der Waals surface area contributed by atoms with Gasteiger partial charge in [0.15, 0.2) is 5.60 Å². The van der Waals surface area contributed by atoms with Gasteiger partial charge in [0, 0.05) is 31.7 Å². The molecule has 0 aromatic heterocycles. The molecule has 9 heteroatoms. The molecule has 5 rings (SSSR count). The van der Waals surface area contributed by atoms with E-state index < -0.39 is 23.6 Å². The SMILES string of the molecule is CC[C@@H]1C(=O)N(C)CC/C=C/[C@H](O)[C@@H]2CC[C@H]2CN2CCCCc3cc(Cl)ccc3COc3ccc(cc32)[C@]1(O)C(=O)OC. The number of fused-ring (bicyclic) bond motifs is 3. The summed E-state index contributed by atoms with van der Waals surface area (Å²) in [6.45, 7) is 3.94. The number of carbonyl (C=O) groups excluding carboxylic acids is 2. The molecule has 1 fully saturated rings. The molecule has 0 spiro atoms. The third kappa shape index (κ3) is 6.49. The minimum absolute atomic E-state index is 0.132. The Morgan fingerprint density at radius 2 is 1.95 bits per heavy atom. The van der Waals surface area contributed by atoms with E-state index in [1.165, 1.54) is 7.11 Å². The first-order chi connectivity index (χ1) is 21.2. The van der Waals surface area contributed by atoms with Crippen LogP contribution in [0.1, 0.15) is 62.1 Å². The number of halogens is 1. The second-order valence-corrected chi connectivity index (χ2v) is 12.9. The normalized spacial score (nSPS) is 28.8. The number of aliphatic hydroxyl groups is 2. The van der Waals surface area contributed by atoms with E-state index in [1.807, 2.05) is 30.4 Å². The maximum absolute atomic E-state index is 13.8. The van der Waals surface area contributed by atoms with Crippen LogP contribution >= 0.6 is 11.6 Å². The lowest BCUT2D eigenvalue weighted by Gasteiger charge is -2.43. The van der Waals surface area contributed by atoms with Crippen molar-refractivity contribution in [3.63, 3.8) is 0 Å². The molecular weight excluding hydrogens is 580 g/mol. The summed E-state index contributed by atoms with van der Waals surface area (Å²) in [5.41, 5.74) is 1.07. The molecule has 3 aliphatic rings. The number of ether oxygens (including phenoxy) is 2. The number of hydrogen-bond donors (Lipinski definition) is 2. The molecule has 0 radical (unpaired) electrons. The van der Waals surface area contributed by atoms with Gasteiger partial charge in [-0.3, -0.25) is 4.79 Å². The van der Waals surface area contributed by atoms with Gasteiger partial charge in [-0.05, 0) is 97.7 Å². The van der Waals surface area contributed by atoms with Crippen molar-refractivity contribution in [1.82, 2.24) is 4.90 Å². The van der Waals surface area contributed by atoms with Crippen LogP contribution in [0.25, 0.3) is 0 Å². The summed E-state index contributed by atoms with van der Waals surface area (Å²) in [4.78, 5) is 31.0. The Kier molecular flexibility index (Phi) is 10.2. The standard InChI is InChI=1S/C35H45ClN2O6/c1-4-29-33(40)37(2)17-7-6-10-31(39)28-15-12-24(28)21-38-18-8-5-9-23-19-27(36)14-11-25(23)22-44-32-16-13-26(20-30(32)38)35(29,42)34(41)43-3/h6,10-11,13-14,16,19-20,24,28-29,31,39,42H,4-5,7-9,12,15,17-18,21-22H2,1-3H3/b10-6+/t24-,28+,29+,31-,35+/m0/s1. The minimum atomic E-state index is -2.20. The Hall–Kier alpha value is -3.07. The fraction of sp³-hybridized carbons (Fsp3) is 0.543. The number of esters is 1. The van der Waals surface area contributed by atoms with Gasteiger partial charge in [0.2, 0.25) is 5.91 Å². The van der Waals surface area contributed by atoms with Gasteiger partial charge in [0.05, 0.1) is 24.8 Å². The largest absolute Gasteiger partial charge is 0.487 e. The van der Waals surface area contributed by atoms with E-state index in [9.17, 15) is 19.8 Å². The van der Waals surface area contributed by atoms with Crippen LogP contribution in [0.3, 0.4) is 0 Å². The number of anilines is 1. The topological polar surface area (TPSA) is 99.5 Å². The van der Waals surface area contributed by atoms with E-state index in [4.69, 9.17) is 21.1 Å². The van der Waals surface area contributed by atoms with Crippen molar-refractivity contribution in [2.24, 2.45) is 17.8 Å². The van der Waals surface area contributed by atoms with Crippen molar-refractivity contribution in [3.05, 3.63) is 70.3 Å². The molecular formula is C35H45ClN2O6. The zero-order chi connectivity index (χ0) is 31.4. The molecule has 2 bridgehead atoms. The molecule has 2 aliphatic heterocycles. The number of aliphatic hydroxyl groups excluding tert-OH is 1. The monoisotopic (exact) mass is 624 g/mol. The first-order valence-corrected chi connectivity index (χ1v) is 16.2. The van der Waals surface area contributed by atoms with Crippen molar-refractivity contribution in [1.29, 1.82) is 0 Å². The minimum Gasteiger partial charge on any atom is -0.487 e. The average molecular weight is 625 g/mol. The highest BCUT2D eigenvalue weighted by atomic mass is 35.5. The van der Waals surface area contributed by atoms with Crippen LogP contribution in [0.2, 0.25) is 5.02 Å². The first kappa shape index (κ1) is 32.3. The van der Waals surface area contributed by atoms with E-state index in [0.29, 0.717) is 42.5 Å². The molecule has 1 saturated carbocycles. The zero-order valence-corrected chi connectivity index (χ0v) is 26.8. The molecule has 0 saturated heterocycles. The summed E-state index contributed by atoms with van der Waals surface area (Å²) in [5, 5.41) is 24.0. The second-order valence-electron chi connectivity index (χ2n) is 12.5. The summed E-state index contributed by atoms with van der Waals surface area (Å²) in [7, 11) is 2.91. The summed E-state index contributed by atoms with van der Waals surface area (Å²) >= 11 is 6.34. The Balaban J connectivity index is 1.64. The number of rotatable bonds is 2. The van der Waals surface area contributed by atoms with Crippen LogP contribution in [-0.2, 0) is 33.0 Å². The highest BCUT2D eigenvalue weighted by Gasteiger charge is 2.50. The fourth-order valence-electron chi connectivity index (χ4n) is 7.02. The van der Waals surface area contributed by atoms with Gasteiger partial charge in [-0.15, -0.1) is 0 Å². The van der Waals surface area contributed by atoms with Gasteiger partial charge in [-0.2, -0.15) is 0 Å². The molecule has 238 valence electrons. The molecule has 2 heterocycles. The van der Waals surface area contributed by atoms with Crippen molar-refractivity contribution < 1.29 is 29.3 Å². The van der Waals surface area contributed by atoms with Crippen LogP contribution in [0.15, 0.2) is 48.6 Å². The van der Waals surface area contributed by atoms with Gasteiger partial charge >= 0.3 is 5.97 Å². The molecule has 44 heavy (non-hydrogen) atoms. The smallest absolute Gasteiger partial charge is 0.343 e. The lowest BCUT2D eigenvalue weighted by atomic mass is 9.70. The van der Waals surface area contributed by atoms with Crippen molar-refractivity contribution >= 4 is 29.2 Å². The number of carbonyl (C=O) groups is 2. The number of methoxy groups -OCH3 is 1. The molecule has 2 aromatic carbocycles. The molecule has 5 atom stereocenters. The van der Waals surface area contributed by atoms with E-state index in [0.717, 1.165) is 55.5 Å². The summed E-state index contributed by atoms with van der Waals surface area (Å²) in [5.74, 6) is -1.26. The lowest BCUT2D eigenvalue weighted by Crippen LogP contribution is -2.51. The third-order valence-electron chi connectivity index (χ3n) is 9.83. The molecule has 8 nitrogen and oxygen atoms in total. The molecule has 2 N–H and O–H groups in total. The Labute approximate surface area is 265 Å². The van der Waals surface area contributed by atoms with E-state index >= 15 is 0 Å². The number of nitrogens with zero attached hydrogens (tertiary/aromatic N) is 2. The Morgan fingerprint density at radius 3 is 2.68 bits per heavy atom. The highest BCUT2D eigenvalue weighted by Crippen LogP contribution is 2.43. The van der Waals surface area contributed by atoms with E-state index in [1.54, 1.807) is 37.1 Å². The van der Waals surface area contributed by atoms with Gasteiger partial charge in [-0.25, -0.2) is 4.79 Å². The summed E-state index contributed by atoms with van der Waals surface area (Å²) < 4.78 is 11.6. The van der Waals surface area contributed by atoms with Crippen LogP contribution in [0, 0.1) is 17.8 Å². The van der Waals surface area contributed by atoms with Crippen molar-refractivity contribution in [2.45, 2.75) is 70.2 Å². The Morgan fingerprint density at radius 1 is 1.14 bits per heavy atom. The molecule has 1 amide bonds. The number of benzene rings is 2. The van der Waals surface area contributed by atoms with Crippen LogP contribution < -0.4 is 9.64 Å². The van der Waals surface area contributed by atoms with Gasteiger partial charge in [0.25, 0.3) is 0 Å². The number of amides is 1. The maximum Gasteiger partial charge on any atom is 0.343 e. The third-order valence-corrected chi connectivity index (χ3v) is 10.1. The maximum atomic E-state index is 13.8. The number of aryl methyl sites for hydroxylation is 1. The van der Waals surface area contributed by atoms with Crippen molar-refractivity contribution in [2.75, 3.05) is 38.7 Å². The van der Waals surface area contributed by atoms with E-state index in [-0.39, 0.29) is 24.2 Å². The van der Waals surface area contributed by atoms with Gasteiger partial charge < -0.3 is 29.5 Å². The highest BCUT2D eigenvalue weighted by molar-refractivity contribution is 6.30. The molecule has 2 aromatic rings. The Bertz CT molecular complexity index is 1380. The average Bonchev–Trinajstić information content (AvgIpc) is 3.03. The van der Waals surface area contributed by atoms with Crippen molar-refractivity contribution in [3.8, 4) is 5.75 Å².